The minimum Gasteiger partial charge on any atom is -0.463 e. The van der Waals surface area contributed by atoms with Crippen LogP contribution in [0.3, 0.4) is 0 Å². The molecule has 3 N–H and O–H groups in total. The quantitative estimate of drug-likeness (QED) is 0.0290. The summed E-state index contributed by atoms with van der Waals surface area (Å²) in [5.41, 5.74) is 1.02. The summed E-state index contributed by atoms with van der Waals surface area (Å²) < 4.78 is 94.2. The molecule has 2 heterocycles. The highest BCUT2D eigenvalue weighted by atomic mass is 19.4. The topological polar surface area (TPSA) is 218 Å². The molecule has 0 bridgehead atoms. The van der Waals surface area contributed by atoms with E-state index in [2.05, 4.69) is 16.1 Å². The maximum absolute atomic E-state index is 14.6. The number of hydrogen-bond donors (Lipinski definition) is 3. The van der Waals surface area contributed by atoms with Crippen molar-refractivity contribution in [3.63, 3.8) is 0 Å². The van der Waals surface area contributed by atoms with Crippen molar-refractivity contribution in [2.24, 2.45) is 0 Å². The van der Waals surface area contributed by atoms with Crippen molar-refractivity contribution >= 4 is 47.2 Å². The number of carbonyl (C=O) groups excluding carboxylic acids is 6. The first kappa shape index (κ1) is 57.5. The van der Waals surface area contributed by atoms with Gasteiger partial charge in [-0.1, -0.05) is 36.4 Å². The van der Waals surface area contributed by atoms with Gasteiger partial charge in [0.1, 0.15) is 26.3 Å². The Kier molecular flexibility index (Phi) is 17.8. The zero-order chi connectivity index (χ0) is 56.6. The lowest BCUT2D eigenvalue weighted by atomic mass is 9.92. The number of esters is 2. The average Bonchev–Trinajstić information content (AvgIpc) is 3.38. The smallest absolute Gasteiger partial charge is 0.416 e. The number of allylic oxidation sites excluding steroid dienone is 2. The Morgan fingerprint density at radius 2 is 1.01 bits per heavy atom. The zero-order valence-corrected chi connectivity index (χ0v) is 42.5. The SMILES string of the molecule is CCOC(=O)C1=C(C)N(c2cccc(C(F)(F)F)c2)C(=O)N(CC(=O)NCC[N+](C)(C)NCNC(=O)CN2C(=O)N(c3cccc(C(F)(F)F)c3)C(C)=C(C(=O)OCC)[C@H]2c2ccc(C#N)cc2)[C@@H]1c1ccc(C#N)cc1. The second-order valence-corrected chi connectivity index (χ2v) is 18.0. The Bertz CT molecular complexity index is 2870. The summed E-state index contributed by atoms with van der Waals surface area (Å²) in [6.07, 6.45) is -9.59. The molecule has 0 aliphatic carbocycles. The van der Waals surface area contributed by atoms with Gasteiger partial charge in [-0.2, -0.15) is 36.9 Å². The number of anilines is 2. The molecule has 0 unspecified atom stereocenters. The second kappa shape index (κ2) is 23.9. The molecule has 2 atom stereocenters. The van der Waals surface area contributed by atoms with Crippen molar-refractivity contribution in [3.05, 3.63) is 153 Å². The predicted molar refractivity (Wildman–Crippen MR) is 265 cm³/mol. The molecular weight excluding hydrogens is 1020 g/mol. The summed E-state index contributed by atoms with van der Waals surface area (Å²) in [6.45, 7) is 3.90. The zero-order valence-electron chi connectivity index (χ0n) is 42.5. The van der Waals surface area contributed by atoms with Crippen LogP contribution in [0, 0.1) is 22.7 Å². The summed E-state index contributed by atoms with van der Waals surface area (Å²) in [6, 6.07) is 18.8. The van der Waals surface area contributed by atoms with Crippen molar-refractivity contribution in [3.8, 4) is 12.1 Å². The highest BCUT2D eigenvalue weighted by Gasteiger charge is 2.46. The third kappa shape index (κ3) is 13.2. The fraction of sp³-hybridized carbons (Fsp3) is 0.321. The van der Waals surface area contributed by atoms with Crippen molar-refractivity contribution < 1.29 is 69.2 Å². The maximum Gasteiger partial charge on any atom is 0.416 e. The minimum absolute atomic E-state index is 0.0601. The van der Waals surface area contributed by atoms with E-state index in [-0.39, 0.29) is 93.7 Å². The van der Waals surface area contributed by atoms with Crippen LogP contribution in [0.2, 0.25) is 0 Å². The summed E-state index contributed by atoms with van der Waals surface area (Å²) in [5.74, 6) is -3.35. The van der Waals surface area contributed by atoms with E-state index in [4.69, 9.17) is 9.47 Å². The first-order valence-corrected chi connectivity index (χ1v) is 23.8. The monoisotopic (exact) mass is 1070 g/mol. The Hall–Kier alpha value is -8.74. The number of halogens is 6. The lowest BCUT2D eigenvalue weighted by Crippen LogP contribution is -2.59. The lowest BCUT2D eigenvalue weighted by molar-refractivity contribution is -0.933. The molecule has 2 aliphatic rings. The van der Waals surface area contributed by atoms with E-state index in [1.807, 2.05) is 12.1 Å². The second-order valence-electron chi connectivity index (χ2n) is 18.0. The molecule has 2 aliphatic heterocycles. The van der Waals surface area contributed by atoms with Crippen LogP contribution in [0.5, 0.6) is 0 Å². The van der Waals surface area contributed by atoms with Crippen LogP contribution < -0.4 is 25.9 Å². The number of likely N-dealkylation sites (N-methyl/N-ethyl adjacent to an activating group) is 1. The first-order chi connectivity index (χ1) is 36.3. The van der Waals surface area contributed by atoms with Crippen molar-refractivity contribution in [1.82, 2.24) is 25.9 Å². The van der Waals surface area contributed by atoms with Gasteiger partial charge in [-0.25, -0.2) is 23.8 Å². The van der Waals surface area contributed by atoms with E-state index in [0.29, 0.717) is 0 Å². The van der Waals surface area contributed by atoms with Gasteiger partial charge in [-0.3, -0.25) is 19.4 Å². The number of quaternary nitrogens is 1. The molecule has 0 saturated heterocycles. The number of benzene rings is 4. The third-order valence-corrected chi connectivity index (χ3v) is 12.5. The van der Waals surface area contributed by atoms with Crippen molar-refractivity contribution in [2.45, 2.75) is 52.1 Å². The van der Waals surface area contributed by atoms with E-state index < -0.39 is 84.5 Å². The highest BCUT2D eigenvalue weighted by Crippen LogP contribution is 2.43. The minimum atomic E-state index is -4.80. The number of urea groups is 2. The molecule has 0 fully saturated rings. The Labute approximate surface area is 438 Å². The predicted octanol–water partition coefficient (Wildman–Crippen LogP) is 7.58. The van der Waals surface area contributed by atoms with E-state index in [1.54, 1.807) is 14.1 Å². The average molecular weight is 1070 g/mol. The Balaban J connectivity index is 1.19. The highest BCUT2D eigenvalue weighted by molar-refractivity contribution is 6.05. The molecule has 24 heteroatoms. The molecule has 18 nitrogen and oxygen atoms in total. The maximum atomic E-state index is 14.6. The van der Waals surface area contributed by atoms with Crippen LogP contribution in [0.15, 0.2) is 120 Å². The number of ether oxygens (including phenoxy) is 2. The van der Waals surface area contributed by atoms with Crippen LogP contribution in [0.25, 0.3) is 0 Å². The summed E-state index contributed by atoms with van der Waals surface area (Å²) in [4.78, 5) is 88.1. The van der Waals surface area contributed by atoms with Gasteiger partial charge in [0.15, 0.2) is 0 Å². The molecule has 0 radical (unpaired) electrons. The number of carbonyl (C=O) groups is 6. The fourth-order valence-electron chi connectivity index (χ4n) is 8.72. The molecule has 0 saturated carbocycles. The van der Waals surface area contributed by atoms with Gasteiger partial charge >= 0.3 is 36.4 Å². The number of hydrogen-bond acceptors (Lipinski definition) is 11. The van der Waals surface area contributed by atoms with Crippen LogP contribution in [0.1, 0.15) is 73.2 Å². The van der Waals surface area contributed by atoms with E-state index in [9.17, 15) is 65.6 Å². The van der Waals surface area contributed by atoms with Crippen molar-refractivity contribution in [2.75, 3.05) is 70.0 Å². The molecule has 77 heavy (non-hydrogen) atoms. The van der Waals surface area contributed by atoms with Crippen LogP contribution in [0.4, 0.5) is 47.3 Å². The Morgan fingerprint density at radius 3 is 1.38 bits per heavy atom. The molecule has 404 valence electrons. The number of nitrogens with zero attached hydrogens (tertiary/aromatic N) is 7. The number of rotatable bonds is 18. The molecular formula is C53H53F6N10O8+. The van der Waals surface area contributed by atoms with Gasteiger partial charge < -0.3 is 29.9 Å². The lowest BCUT2D eigenvalue weighted by Gasteiger charge is -2.42. The number of amides is 6. The number of alkyl halides is 6. The Morgan fingerprint density at radius 1 is 0.623 bits per heavy atom. The normalized spacial score (nSPS) is 16.2. The number of nitrogens with one attached hydrogen (secondary N) is 3. The molecule has 6 amide bonds. The van der Waals surface area contributed by atoms with Gasteiger partial charge in [0.05, 0.1) is 103 Å². The summed E-state index contributed by atoms with van der Waals surface area (Å²) >= 11 is 0. The third-order valence-electron chi connectivity index (χ3n) is 12.5. The van der Waals surface area contributed by atoms with Crippen LogP contribution in [-0.4, -0.2) is 110 Å². The van der Waals surface area contributed by atoms with Gasteiger partial charge in [0.25, 0.3) is 0 Å². The van der Waals surface area contributed by atoms with Crippen molar-refractivity contribution in [1.29, 1.82) is 10.5 Å². The molecule has 6 rings (SSSR count). The van der Waals surface area contributed by atoms with E-state index in [1.165, 1.54) is 88.4 Å². The molecule has 4 aromatic rings. The summed E-state index contributed by atoms with van der Waals surface area (Å²) in [7, 11) is 3.33. The molecule has 0 aromatic heterocycles. The van der Waals surface area contributed by atoms with Gasteiger partial charge in [-0.05, 0) is 99.5 Å². The fourth-order valence-corrected chi connectivity index (χ4v) is 8.72. The molecule has 0 spiro atoms. The van der Waals surface area contributed by atoms with Crippen LogP contribution in [-0.2, 0) is 41.0 Å². The first-order valence-electron chi connectivity index (χ1n) is 23.8. The van der Waals surface area contributed by atoms with E-state index in [0.717, 1.165) is 56.0 Å². The standard InChI is InChI=1S/C53H52F6N10O8/c1-7-76-48(72)44-32(3)67(40-13-9-11-38(25-40)52(54,55)56)50(74)65(46(44)36-19-15-34(27-60)16-20-36)29-42(70)62-23-24-69(5,6)64-31-63-43(71)30-66-47(37-21-17-35(28-61)18-22-37)45(49(73)77-8-2)33(4)68(51(66)75)41-14-10-12-39(26-41)53(57,58)59/h9-22,25-26,46-47,64H,7-8,23-24,29-31H2,1-6H3,(H-,62,63,70,71)/p+1/t46-,47-/m1/s1. The van der Waals surface area contributed by atoms with Gasteiger partial charge in [-0.15, -0.1) is 5.43 Å². The van der Waals surface area contributed by atoms with Gasteiger partial charge in [0, 0.05) is 11.4 Å². The van der Waals surface area contributed by atoms with E-state index >= 15 is 0 Å². The molecule has 4 aromatic carbocycles. The summed E-state index contributed by atoms with van der Waals surface area (Å²) in [5, 5.41) is 24.3. The largest absolute Gasteiger partial charge is 0.463 e. The van der Waals surface area contributed by atoms with Gasteiger partial charge in [0.2, 0.25) is 11.8 Å². The van der Waals surface area contributed by atoms with Crippen LogP contribution >= 0.6 is 0 Å². The number of nitriles is 2.